The van der Waals surface area contributed by atoms with Gasteiger partial charge in [0, 0.05) is 24.3 Å². The van der Waals surface area contributed by atoms with Crippen LogP contribution >= 0.6 is 0 Å². The lowest BCUT2D eigenvalue weighted by atomic mass is 10.0. The van der Waals surface area contributed by atoms with Crippen molar-refractivity contribution in [3.63, 3.8) is 0 Å². The number of alkyl carbamates (subject to hydrolysis) is 1. The molecule has 1 unspecified atom stereocenters. The second-order valence-corrected chi connectivity index (χ2v) is 5.94. The van der Waals surface area contributed by atoms with E-state index in [0.29, 0.717) is 12.8 Å². The zero-order valence-corrected chi connectivity index (χ0v) is 13.3. The van der Waals surface area contributed by atoms with E-state index in [1.165, 1.54) is 0 Å². The molecule has 0 radical (unpaired) electrons. The Kier molecular flexibility index (Phi) is 8.57. The van der Waals surface area contributed by atoms with E-state index in [2.05, 4.69) is 5.32 Å². The molecule has 7 heteroatoms. The Hall–Kier alpha value is -1.66. The van der Waals surface area contributed by atoms with Crippen molar-refractivity contribution >= 4 is 11.9 Å². The predicted molar refractivity (Wildman–Crippen MR) is 78.8 cm³/mol. The van der Waals surface area contributed by atoms with Crippen LogP contribution in [0.25, 0.3) is 0 Å². The first-order valence-electron chi connectivity index (χ1n) is 7.30. The molecule has 1 amide bonds. The van der Waals surface area contributed by atoms with Gasteiger partial charge in [-0.25, -0.2) is 4.79 Å². The number of carbonyl (C=O) groups excluding carboxylic acids is 2. The summed E-state index contributed by atoms with van der Waals surface area (Å²) in [6.45, 7) is 7.44. The second kappa shape index (κ2) is 9.31. The second-order valence-electron chi connectivity index (χ2n) is 5.94. The van der Waals surface area contributed by atoms with Gasteiger partial charge in [-0.3, -0.25) is 14.9 Å². The highest BCUT2D eigenvalue weighted by molar-refractivity contribution is 5.82. The van der Waals surface area contributed by atoms with Crippen LogP contribution in [0.5, 0.6) is 0 Å². The zero-order chi connectivity index (χ0) is 16.5. The maximum atomic E-state index is 11.7. The van der Waals surface area contributed by atoms with Crippen LogP contribution in [0.15, 0.2) is 0 Å². The smallest absolute Gasteiger partial charge is 0.407 e. The van der Waals surface area contributed by atoms with E-state index in [1.807, 2.05) is 6.92 Å². The third kappa shape index (κ3) is 9.81. The molecule has 0 aliphatic rings. The topological polar surface area (TPSA) is 98.5 Å². The van der Waals surface area contributed by atoms with Gasteiger partial charge in [0.1, 0.15) is 5.60 Å². The fourth-order valence-corrected chi connectivity index (χ4v) is 1.70. The van der Waals surface area contributed by atoms with E-state index >= 15 is 0 Å². The number of Topliss-reactive ketones (excluding diaryl/α,β-unsaturated/α-hetero) is 1. The van der Waals surface area contributed by atoms with Crippen LogP contribution in [0.1, 0.15) is 59.8 Å². The molecule has 0 saturated carbocycles. The molecule has 0 aromatic heterocycles. The summed E-state index contributed by atoms with van der Waals surface area (Å²) in [6, 6.07) is -1.17. The summed E-state index contributed by atoms with van der Waals surface area (Å²) in [5, 5.41) is 13.4. The minimum Gasteiger partial charge on any atom is -0.444 e. The number of ether oxygens (including phenoxy) is 1. The summed E-state index contributed by atoms with van der Waals surface area (Å²) < 4.78 is 5.04. The van der Waals surface area contributed by atoms with Gasteiger partial charge in [0.2, 0.25) is 5.78 Å². The van der Waals surface area contributed by atoms with Crippen molar-refractivity contribution in [2.45, 2.75) is 71.4 Å². The summed E-state index contributed by atoms with van der Waals surface area (Å²) in [7, 11) is 0. The molecule has 0 rings (SSSR count). The molecule has 21 heavy (non-hydrogen) atoms. The lowest BCUT2D eigenvalue weighted by molar-refractivity contribution is -0.508. The normalized spacial score (nSPS) is 12.6. The number of hydrogen-bond acceptors (Lipinski definition) is 5. The highest BCUT2D eigenvalue weighted by Crippen LogP contribution is 2.09. The predicted octanol–water partition coefficient (Wildman–Crippen LogP) is 2.70. The monoisotopic (exact) mass is 302 g/mol. The molecule has 0 fully saturated rings. The Morgan fingerprint density at radius 3 is 2.38 bits per heavy atom. The lowest BCUT2D eigenvalue weighted by Crippen LogP contribution is -2.34. The molecule has 1 atom stereocenters. The van der Waals surface area contributed by atoms with Gasteiger partial charge in [0.25, 0.3) is 6.04 Å². The average Bonchev–Trinajstić information content (AvgIpc) is 2.33. The SMILES string of the molecule is CCCCC(=O)C(CCCNC(=O)OC(C)(C)C)[N+](=O)[O-]. The molecular formula is C14H26N2O5. The van der Waals surface area contributed by atoms with Crippen molar-refractivity contribution in [2.24, 2.45) is 0 Å². The van der Waals surface area contributed by atoms with Crippen LogP contribution < -0.4 is 5.32 Å². The molecule has 1 N–H and O–H groups in total. The van der Waals surface area contributed by atoms with Crippen molar-refractivity contribution < 1.29 is 19.2 Å². The van der Waals surface area contributed by atoms with Crippen molar-refractivity contribution in [1.82, 2.24) is 5.32 Å². The quantitative estimate of drug-likeness (QED) is 0.401. The van der Waals surface area contributed by atoms with E-state index in [0.717, 1.165) is 6.42 Å². The Labute approximate surface area is 125 Å². The van der Waals surface area contributed by atoms with Crippen molar-refractivity contribution in [2.75, 3.05) is 6.54 Å². The molecule has 7 nitrogen and oxygen atoms in total. The van der Waals surface area contributed by atoms with Crippen LogP contribution in [-0.2, 0) is 9.53 Å². The largest absolute Gasteiger partial charge is 0.444 e. The van der Waals surface area contributed by atoms with E-state index in [1.54, 1.807) is 20.8 Å². The zero-order valence-electron chi connectivity index (χ0n) is 13.3. The molecule has 0 aromatic carbocycles. The molecule has 122 valence electrons. The standard InChI is InChI=1S/C14H26N2O5/c1-5-6-9-12(17)11(16(19)20)8-7-10-15-13(18)21-14(2,3)4/h11H,5-10H2,1-4H3,(H,15,18). The molecule has 0 spiro atoms. The Balaban J connectivity index is 4.08. The van der Waals surface area contributed by atoms with Crippen LogP contribution in [-0.4, -0.2) is 35.0 Å². The van der Waals surface area contributed by atoms with Crippen LogP contribution in [0, 0.1) is 10.1 Å². The van der Waals surface area contributed by atoms with Crippen molar-refractivity contribution in [3.8, 4) is 0 Å². The fraction of sp³-hybridized carbons (Fsp3) is 0.857. The third-order valence-electron chi connectivity index (χ3n) is 2.73. The van der Waals surface area contributed by atoms with Gasteiger partial charge in [-0.2, -0.15) is 0 Å². The first-order chi connectivity index (χ1) is 9.67. The maximum Gasteiger partial charge on any atom is 0.407 e. The number of nitrogens with one attached hydrogen (secondary N) is 1. The summed E-state index contributed by atoms with van der Waals surface area (Å²) in [6.07, 6.45) is 1.67. The average molecular weight is 302 g/mol. The molecule has 0 aliphatic carbocycles. The van der Waals surface area contributed by atoms with Gasteiger partial charge in [-0.1, -0.05) is 13.3 Å². The number of rotatable bonds is 9. The van der Waals surface area contributed by atoms with E-state index < -0.39 is 22.7 Å². The molecule has 0 aromatic rings. The third-order valence-corrected chi connectivity index (χ3v) is 2.73. The molecular weight excluding hydrogens is 276 g/mol. The number of unbranched alkanes of at least 4 members (excludes halogenated alkanes) is 1. The van der Waals surface area contributed by atoms with Crippen LogP contribution in [0.4, 0.5) is 4.79 Å². The highest BCUT2D eigenvalue weighted by Gasteiger charge is 2.28. The first kappa shape index (κ1) is 19.3. The Morgan fingerprint density at radius 1 is 1.29 bits per heavy atom. The summed E-state index contributed by atoms with van der Waals surface area (Å²) in [5.41, 5.74) is -0.580. The van der Waals surface area contributed by atoms with E-state index in [9.17, 15) is 19.7 Å². The van der Waals surface area contributed by atoms with Gasteiger partial charge in [-0.15, -0.1) is 0 Å². The molecule has 0 aliphatic heterocycles. The van der Waals surface area contributed by atoms with Crippen LogP contribution in [0.2, 0.25) is 0 Å². The maximum absolute atomic E-state index is 11.7. The van der Waals surface area contributed by atoms with Gasteiger partial charge in [0.15, 0.2) is 0 Å². The van der Waals surface area contributed by atoms with Crippen molar-refractivity contribution in [1.29, 1.82) is 0 Å². The number of nitro groups is 1. The minimum atomic E-state index is -1.17. The lowest BCUT2D eigenvalue weighted by Gasteiger charge is -2.19. The number of amides is 1. The highest BCUT2D eigenvalue weighted by atomic mass is 16.6. The minimum absolute atomic E-state index is 0.130. The number of nitrogens with zero attached hydrogens (tertiary/aromatic N) is 1. The fourth-order valence-electron chi connectivity index (χ4n) is 1.70. The molecule has 0 saturated heterocycles. The summed E-state index contributed by atoms with van der Waals surface area (Å²) >= 11 is 0. The van der Waals surface area contributed by atoms with Crippen LogP contribution in [0.3, 0.4) is 0 Å². The van der Waals surface area contributed by atoms with Crippen molar-refractivity contribution in [3.05, 3.63) is 10.1 Å². The van der Waals surface area contributed by atoms with Gasteiger partial charge >= 0.3 is 6.09 Å². The molecule has 0 bridgehead atoms. The Bertz CT molecular complexity index is 363. The van der Waals surface area contributed by atoms with Gasteiger partial charge in [-0.05, 0) is 33.6 Å². The van der Waals surface area contributed by atoms with Gasteiger partial charge < -0.3 is 10.1 Å². The van der Waals surface area contributed by atoms with Gasteiger partial charge in [0.05, 0.1) is 0 Å². The number of carbonyl (C=O) groups is 2. The number of hydrogen-bond donors (Lipinski definition) is 1. The number of ketones is 1. The summed E-state index contributed by atoms with van der Waals surface area (Å²) in [5.74, 6) is -0.334. The molecule has 0 heterocycles. The summed E-state index contributed by atoms with van der Waals surface area (Å²) in [4.78, 5) is 33.4. The van der Waals surface area contributed by atoms with E-state index in [4.69, 9.17) is 4.74 Å². The Morgan fingerprint density at radius 2 is 1.90 bits per heavy atom. The first-order valence-corrected chi connectivity index (χ1v) is 7.30. The van der Waals surface area contributed by atoms with E-state index in [-0.39, 0.29) is 25.2 Å².